The van der Waals surface area contributed by atoms with E-state index in [1.54, 1.807) is 12.1 Å². The van der Waals surface area contributed by atoms with Gasteiger partial charge in [0.25, 0.3) is 5.91 Å². The Balaban J connectivity index is 0.00000256. The Morgan fingerprint density at radius 2 is 1.90 bits per heavy atom. The Morgan fingerprint density at radius 1 is 1.10 bits per heavy atom. The summed E-state index contributed by atoms with van der Waals surface area (Å²) in [5.41, 5.74) is 4.38. The number of hydrogen-bond acceptors (Lipinski definition) is 3. The van der Waals surface area contributed by atoms with Crippen molar-refractivity contribution in [3.8, 4) is 0 Å². The maximum absolute atomic E-state index is 12.1. The summed E-state index contributed by atoms with van der Waals surface area (Å²) in [5, 5.41) is 6.22. The third-order valence-electron chi connectivity index (χ3n) is 4.85. The summed E-state index contributed by atoms with van der Waals surface area (Å²) in [6, 6.07) is 19.5. The molecule has 30 heavy (non-hydrogen) atoms. The molecule has 0 saturated carbocycles. The molecule has 0 atom stereocenters. The van der Waals surface area contributed by atoms with Crippen molar-refractivity contribution in [2.45, 2.75) is 19.9 Å². The SMILES string of the molecule is CCNC(=NCc1ccc(NC(=O)c2ccco2)cc1)N1CCc2ccccc21.I. The number of aliphatic imine (C=N–C) groups is 1. The number of furan rings is 1. The highest BCUT2D eigenvalue weighted by Gasteiger charge is 2.22. The van der Waals surface area contributed by atoms with Crippen LogP contribution in [0.15, 0.2) is 76.3 Å². The molecule has 0 fully saturated rings. The second-order valence-corrected chi connectivity index (χ2v) is 6.83. The summed E-state index contributed by atoms with van der Waals surface area (Å²) in [7, 11) is 0. The number of halogens is 1. The van der Waals surface area contributed by atoms with Crippen LogP contribution >= 0.6 is 24.0 Å². The second-order valence-electron chi connectivity index (χ2n) is 6.83. The molecule has 2 aromatic carbocycles. The summed E-state index contributed by atoms with van der Waals surface area (Å²) in [4.78, 5) is 19.1. The molecule has 1 amide bonds. The largest absolute Gasteiger partial charge is 0.459 e. The number of amides is 1. The molecular formula is C23H25IN4O2. The molecule has 3 aromatic rings. The van der Waals surface area contributed by atoms with Crippen LogP contribution in [0.25, 0.3) is 0 Å². The van der Waals surface area contributed by atoms with Gasteiger partial charge in [-0.2, -0.15) is 0 Å². The van der Waals surface area contributed by atoms with Crippen LogP contribution in [0.3, 0.4) is 0 Å². The first kappa shape index (κ1) is 21.9. The molecule has 1 aliphatic heterocycles. The number of guanidine groups is 1. The van der Waals surface area contributed by atoms with Crippen molar-refractivity contribution in [3.63, 3.8) is 0 Å². The minimum Gasteiger partial charge on any atom is -0.459 e. The standard InChI is InChI=1S/C23H24N4O2.HI/c1-2-24-23(27-14-13-18-6-3-4-7-20(18)27)25-16-17-9-11-19(12-10-17)26-22(28)21-8-5-15-29-21;/h3-12,15H,2,13-14,16H2,1H3,(H,24,25)(H,26,28);1H. The van der Waals surface area contributed by atoms with Crippen LogP contribution in [0.5, 0.6) is 0 Å². The molecule has 2 N–H and O–H groups in total. The Morgan fingerprint density at radius 3 is 2.63 bits per heavy atom. The average molecular weight is 516 g/mol. The average Bonchev–Trinajstić information content (AvgIpc) is 3.42. The number of fused-ring (bicyclic) bond motifs is 1. The first-order valence-corrected chi connectivity index (χ1v) is 9.82. The number of para-hydroxylation sites is 1. The molecule has 0 unspecified atom stereocenters. The number of rotatable bonds is 5. The van der Waals surface area contributed by atoms with Crippen molar-refractivity contribution in [2.75, 3.05) is 23.3 Å². The second kappa shape index (κ2) is 10.3. The van der Waals surface area contributed by atoms with E-state index in [2.05, 4.69) is 46.7 Å². The van der Waals surface area contributed by atoms with Gasteiger partial charge in [0.15, 0.2) is 11.7 Å². The molecule has 6 nitrogen and oxygen atoms in total. The van der Waals surface area contributed by atoms with Crippen LogP contribution in [0.1, 0.15) is 28.6 Å². The molecule has 2 heterocycles. The van der Waals surface area contributed by atoms with E-state index in [4.69, 9.17) is 9.41 Å². The first-order chi connectivity index (χ1) is 14.2. The topological polar surface area (TPSA) is 69.9 Å². The van der Waals surface area contributed by atoms with Gasteiger partial charge >= 0.3 is 0 Å². The summed E-state index contributed by atoms with van der Waals surface area (Å²) in [6.45, 7) is 4.39. The van der Waals surface area contributed by atoms with Gasteiger partial charge in [-0.1, -0.05) is 30.3 Å². The van der Waals surface area contributed by atoms with Crippen LogP contribution in [0, 0.1) is 0 Å². The maximum Gasteiger partial charge on any atom is 0.291 e. The number of carbonyl (C=O) groups excluding carboxylic acids is 1. The van der Waals surface area contributed by atoms with Gasteiger partial charge in [0.1, 0.15) is 0 Å². The number of carbonyl (C=O) groups is 1. The third kappa shape index (κ3) is 5.02. The lowest BCUT2D eigenvalue weighted by atomic mass is 10.2. The number of anilines is 2. The van der Waals surface area contributed by atoms with Crippen molar-refractivity contribution in [1.29, 1.82) is 0 Å². The molecule has 7 heteroatoms. The van der Waals surface area contributed by atoms with E-state index < -0.39 is 0 Å². The van der Waals surface area contributed by atoms with Crippen molar-refractivity contribution in [2.24, 2.45) is 4.99 Å². The predicted octanol–water partition coefficient (Wildman–Crippen LogP) is 4.68. The fourth-order valence-corrected chi connectivity index (χ4v) is 3.41. The fourth-order valence-electron chi connectivity index (χ4n) is 3.41. The number of nitrogens with zero attached hydrogens (tertiary/aromatic N) is 2. The molecule has 0 spiro atoms. The van der Waals surface area contributed by atoms with E-state index in [1.165, 1.54) is 17.5 Å². The van der Waals surface area contributed by atoms with Crippen molar-refractivity contribution in [1.82, 2.24) is 5.32 Å². The van der Waals surface area contributed by atoms with E-state index in [0.29, 0.717) is 12.3 Å². The van der Waals surface area contributed by atoms with Crippen LogP contribution < -0.4 is 15.5 Å². The molecule has 156 valence electrons. The highest BCUT2D eigenvalue weighted by molar-refractivity contribution is 14.0. The zero-order valence-corrected chi connectivity index (χ0v) is 19.1. The monoisotopic (exact) mass is 516 g/mol. The quantitative estimate of drug-likeness (QED) is 0.294. The van der Waals surface area contributed by atoms with E-state index in [0.717, 1.165) is 36.7 Å². The lowest BCUT2D eigenvalue weighted by Crippen LogP contribution is -2.40. The van der Waals surface area contributed by atoms with Gasteiger partial charge < -0.3 is 20.0 Å². The minimum atomic E-state index is -0.261. The van der Waals surface area contributed by atoms with Gasteiger partial charge in [0.05, 0.1) is 12.8 Å². The molecule has 1 aromatic heterocycles. The van der Waals surface area contributed by atoms with Gasteiger partial charge in [0.2, 0.25) is 0 Å². The van der Waals surface area contributed by atoms with Gasteiger partial charge in [-0.25, -0.2) is 4.99 Å². The Kier molecular flexibility index (Phi) is 7.51. The first-order valence-electron chi connectivity index (χ1n) is 9.82. The Bertz CT molecular complexity index is 1000. The summed E-state index contributed by atoms with van der Waals surface area (Å²) in [5.74, 6) is 0.926. The number of hydrogen-bond donors (Lipinski definition) is 2. The van der Waals surface area contributed by atoms with Crippen LogP contribution in [0.2, 0.25) is 0 Å². The fraction of sp³-hybridized carbons (Fsp3) is 0.217. The van der Waals surface area contributed by atoms with Gasteiger partial charge in [-0.15, -0.1) is 24.0 Å². The van der Waals surface area contributed by atoms with Gasteiger partial charge in [0, 0.05) is 24.5 Å². The maximum atomic E-state index is 12.1. The molecule has 0 radical (unpaired) electrons. The number of nitrogens with one attached hydrogen (secondary N) is 2. The Labute approximate surface area is 193 Å². The van der Waals surface area contributed by atoms with E-state index in [9.17, 15) is 4.79 Å². The Hall–Kier alpha value is -2.81. The summed E-state index contributed by atoms with van der Waals surface area (Å²) < 4.78 is 5.11. The normalized spacial score (nSPS) is 12.8. The lowest BCUT2D eigenvalue weighted by molar-refractivity contribution is 0.0996. The third-order valence-corrected chi connectivity index (χ3v) is 4.85. The van der Waals surface area contributed by atoms with Gasteiger partial charge in [-0.05, 0) is 54.8 Å². The molecule has 4 rings (SSSR count). The predicted molar refractivity (Wildman–Crippen MR) is 131 cm³/mol. The molecule has 0 aliphatic carbocycles. The van der Waals surface area contributed by atoms with Crippen LogP contribution in [0.4, 0.5) is 11.4 Å². The van der Waals surface area contributed by atoms with Crippen molar-refractivity contribution >= 4 is 47.2 Å². The minimum absolute atomic E-state index is 0. The summed E-state index contributed by atoms with van der Waals surface area (Å²) >= 11 is 0. The van der Waals surface area contributed by atoms with E-state index in [1.807, 2.05) is 24.3 Å². The highest BCUT2D eigenvalue weighted by atomic mass is 127. The van der Waals surface area contributed by atoms with Crippen LogP contribution in [-0.4, -0.2) is 25.0 Å². The smallest absolute Gasteiger partial charge is 0.291 e. The molecular weight excluding hydrogens is 491 g/mol. The summed E-state index contributed by atoms with van der Waals surface area (Å²) in [6.07, 6.45) is 2.52. The van der Waals surface area contributed by atoms with Crippen molar-refractivity contribution < 1.29 is 9.21 Å². The number of benzene rings is 2. The molecule has 0 bridgehead atoms. The zero-order chi connectivity index (χ0) is 20.1. The van der Waals surface area contributed by atoms with E-state index in [-0.39, 0.29) is 29.9 Å². The van der Waals surface area contributed by atoms with Crippen molar-refractivity contribution in [3.05, 3.63) is 83.8 Å². The molecule has 0 saturated heterocycles. The highest BCUT2D eigenvalue weighted by Crippen LogP contribution is 2.27. The lowest BCUT2D eigenvalue weighted by Gasteiger charge is -2.22. The molecule has 1 aliphatic rings. The zero-order valence-electron chi connectivity index (χ0n) is 16.8. The van der Waals surface area contributed by atoms with Crippen LogP contribution in [-0.2, 0) is 13.0 Å². The van der Waals surface area contributed by atoms with E-state index >= 15 is 0 Å². The van der Waals surface area contributed by atoms with Gasteiger partial charge in [-0.3, -0.25) is 4.79 Å².